The highest BCUT2D eigenvalue weighted by Crippen LogP contribution is 2.47. The van der Waals surface area contributed by atoms with Crippen molar-refractivity contribution in [3.8, 4) is 17.2 Å². The summed E-state index contributed by atoms with van der Waals surface area (Å²) >= 11 is 9.81. The molecule has 0 saturated heterocycles. The van der Waals surface area contributed by atoms with Crippen LogP contribution in [-0.4, -0.2) is 54.1 Å². The van der Waals surface area contributed by atoms with E-state index < -0.39 is 17.0 Å². The van der Waals surface area contributed by atoms with Crippen LogP contribution in [0.1, 0.15) is 42.3 Å². The van der Waals surface area contributed by atoms with Gasteiger partial charge in [-0.05, 0) is 80.3 Å². The van der Waals surface area contributed by atoms with E-state index in [1.54, 1.807) is 19.2 Å². The Morgan fingerprint density at radius 1 is 0.957 bits per heavy atom. The average molecular weight is 787 g/mol. The fraction of sp³-hybridized carbons (Fsp3) is 0.382. The molecule has 0 saturated carbocycles. The number of nitrogens with zero attached hydrogens (tertiary/aromatic N) is 2. The van der Waals surface area contributed by atoms with E-state index in [4.69, 9.17) is 35.5 Å². The van der Waals surface area contributed by atoms with E-state index in [-0.39, 0.29) is 36.1 Å². The monoisotopic (exact) mass is 786 g/mol. The van der Waals surface area contributed by atoms with Crippen molar-refractivity contribution in [3.63, 3.8) is 0 Å². The second-order valence-corrected chi connectivity index (χ2v) is 13.4. The molecule has 6 nitrogen and oxygen atoms in total. The maximum Gasteiger partial charge on any atom is 0.173 e. The zero-order chi connectivity index (χ0) is 32.7. The molecule has 1 aliphatic rings. The van der Waals surface area contributed by atoms with Gasteiger partial charge in [-0.25, -0.2) is 18.2 Å². The predicted molar refractivity (Wildman–Crippen MR) is 183 cm³/mol. The largest absolute Gasteiger partial charge is 0.495 e. The van der Waals surface area contributed by atoms with Gasteiger partial charge in [-0.2, -0.15) is 0 Å². The van der Waals surface area contributed by atoms with E-state index >= 15 is 8.78 Å². The average Bonchev–Trinajstić information content (AvgIpc) is 3.43. The Morgan fingerprint density at radius 3 is 2.43 bits per heavy atom. The Hall–Kier alpha value is -2.45. The summed E-state index contributed by atoms with van der Waals surface area (Å²) in [5.74, 6) is -1.33. The number of methoxy groups -OCH3 is 1. The lowest BCUT2D eigenvalue weighted by Gasteiger charge is -2.36. The smallest absolute Gasteiger partial charge is 0.173 e. The molecule has 12 heteroatoms. The van der Waals surface area contributed by atoms with Crippen molar-refractivity contribution in [3.05, 3.63) is 99.6 Å². The molecule has 0 fully saturated rings. The van der Waals surface area contributed by atoms with E-state index in [0.717, 1.165) is 40.6 Å². The number of hydrogen-bond donors (Lipinski definition) is 0. The molecule has 46 heavy (non-hydrogen) atoms. The molecule has 4 aromatic rings. The Bertz CT molecular complexity index is 1640. The molecule has 0 aliphatic heterocycles. The van der Waals surface area contributed by atoms with Gasteiger partial charge in [0, 0.05) is 26.8 Å². The molecular weight excluding hydrogens is 752 g/mol. The van der Waals surface area contributed by atoms with Gasteiger partial charge < -0.3 is 18.9 Å². The van der Waals surface area contributed by atoms with Crippen molar-refractivity contribution in [2.24, 2.45) is 0 Å². The minimum absolute atomic E-state index is 0.0396. The zero-order valence-corrected chi connectivity index (χ0v) is 29.3. The molecule has 0 bridgehead atoms. The molecule has 0 N–H and O–H groups in total. The summed E-state index contributed by atoms with van der Waals surface area (Å²) in [6.07, 6.45) is 2.44. The van der Waals surface area contributed by atoms with Crippen LogP contribution >= 0.6 is 46.0 Å². The Morgan fingerprint density at radius 2 is 1.70 bits per heavy atom. The Balaban J connectivity index is 1.43. The molecule has 1 aliphatic carbocycles. The lowest BCUT2D eigenvalue weighted by atomic mass is 9.71. The van der Waals surface area contributed by atoms with Crippen molar-refractivity contribution >= 4 is 46.0 Å². The number of rotatable bonds is 15. The van der Waals surface area contributed by atoms with E-state index in [0.29, 0.717) is 41.4 Å². The number of halogens is 5. The summed E-state index contributed by atoms with van der Waals surface area (Å²) in [5.41, 5.74) is 2.90. The van der Waals surface area contributed by atoms with E-state index in [9.17, 15) is 4.39 Å². The summed E-state index contributed by atoms with van der Waals surface area (Å²) in [6.45, 7) is 4.03. The van der Waals surface area contributed by atoms with Gasteiger partial charge in [0.2, 0.25) is 0 Å². The van der Waals surface area contributed by atoms with E-state index in [1.165, 1.54) is 36.0 Å². The molecule has 0 spiro atoms. The first kappa shape index (κ1) is 34.9. The molecular formula is C34H35ClF3IN2O4S. The summed E-state index contributed by atoms with van der Waals surface area (Å²) in [5, 5.41) is 1.06. The standard InChI is InChI=1S/C34H35ClF3IN2O4S/c1-34(22-5-10-26(35)30(20-22)42-2)13-3-4-28-32(34)41(24-8-6-23(36)7-9-24)33(40-28)46-21-25-27(37)11-12-29(31(25)38)45-19-18-44-17-16-43-15-14-39/h5-12,20H,3-4,13-19,21H2,1-2H3. The summed E-state index contributed by atoms with van der Waals surface area (Å²) in [6, 6.07) is 14.4. The summed E-state index contributed by atoms with van der Waals surface area (Å²) in [7, 11) is 1.58. The summed E-state index contributed by atoms with van der Waals surface area (Å²) in [4.78, 5) is 5.00. The first-order valence-electron chi connectivity index (χ1n) is 14.9. The third-order valence-corrected chi connectivity index (χ3v) is 9.70. The lowest BCUT2D eigenvalue weighted by Crippen LogP contribution is -2.31. The normalized spacial score (nSPS) is 16.0. The SMILES string of the molecule is COc1cc(C2(C)CCCc3nc(SCc4c(F)ccc(OCCOCCOCCI)c4F)n(-c4ccc(F)cc4)c32)ccc1Cl. The third kappa shape index (κ3) is 7.81. The summed E-state index contributed by atoms with van der Waals surface area (Å²) < 4.78 is 69.5. The number of fused-ring (bicyclic) bond motifs is 1. The fourth-order valence-corrected chi connectivity index (χ4v) is 7.21. The third-order valence-electron chi connectivity index (χ3n) is 7.98. The molecule has 0 radical (unpaired) electrons. The molecule has 5 rings (SSSR count). The first-order chi connectivity index (χ1) is 22.3. The first-order valence-corrected chi connectivity index (χ1v) is 17.8. The van der Waals surface area contributed by atoms with Gasteiger partial charge >= 0.3 is 0 Å². The number of imidazole rings is 1. The van der Waals surface area contributed by atoms with Crippen molar-refractivity contribution in [2.45, 2.75) is 42.5 Å². The molecule has 1 aromatic heterocycles. The van der Waals surface area contributed by atoms with Gasteiger partial charge in [-0.1, -0.05) is 52.0 Å². The molecule has 0 amide bonds. The maximum atomic E-state index is 15.6. The lowest BCUT2D eigenvalue weighted by molar-refractivity contribution is 0.0412. The number of thioether (sulfide) groups is 1. The van der Waals surface area contributed by atoms with Gasteiger partial charge in [0.05, 0.1) is 49.9 Å². The van der Waals surface area contributed by atoms with E-state index in [2.05, 4.69) is 29.5 Å². The van der Waals surface area contributed by atoms with Crippen molar-refractivity contribution < 1.29 is 32.1 Å². The Labute approximate surface area is 290 Å². The molecule has 246 valence electrons. The highest BCUT2D eigenvalue weighted by molar-refractivity contribution is 14.1. The fourth-order valence-electron chi connectivity index (χ4n) is 5.66. The molecule has 1 heterocycles. The van der Waals surface area contributed by atoms with Crippen LogP contribution in [0.15, 0.2) is 59.8 Å². The number of aryl methyl sites for hydroxylation is 1. The van der Waals surface area contributed by atoms with Gasteiger partial charge in [0.15, 0.2) is 16.7 Å². The number of aromatic nitrogens is 2. The van der Waals surface area contributed by atoms with Crippen LogP contribution in [0.2, 0.25) is 5.02 Å². The molecule has 1 atom stereocenters. The van der Waals surface area contributed by atoms with Gasteiger partial charge in [-0.3, -0.25) is 4.57 Å². The molecule has 1 unspecified atom stereocenters. The maximum absolute atomic E-state index is 15.6. The van der Waals surface area contributed by atoms with Crippen molar-refractivity contribution in [2.75, 3.05) is 44.6 Å². The minimum Gasteiger partial charge on any atom is -0.495 e. The highest BCUT2D eigenvalue weighted by atomic mass is 127. The van der Waals surface area contributed by atoms with Crippen LogP contribution in [0.4, 0.5) is 13.2 Å². The zero-order valence-electron chi connectivity index (χ0n) is 25.6. The van der Waals surface area contributed by atoms with Gasteiger partial charge in [0.1, 0.15) is 24.0 Å². The Kier molecular flexibility index (Phi) is 12.2. The van der Waals surface area contributed by atoms with Crippen LogP contribution < -0.4 is 9.47 Å². The van der Waals surface area contributed by atoms with Gasteiger partial charge in [-0.15, -0.1) is 0 Å². The van der Waals surface area contributed by atoms with Crippen molar-refractivity contribution in [1.29, 1.82) is 0 Å². The quantitative estimate of drug-likeness (QED) is 0.0521. The second kappa shape index (κ2) is 16.1. The number of ether oxygens (including phenoxy) is 4. The second-order valence-electron chi connectivity index (χ2n) is 10.9. The van der Waals surface area contributed by atoms with Crippen LogP contribution in [0.3, 0.4) is 0 Å². The van der Waals surface area contributed by atoms with E-state index in [1.807, 2.05) is 22.8 Å². The predicted octanol–water partition coefficient (Wildman–Crippen LogP) is 8.73. The number of hydrogen-bond acceptors (Lipinski definition) is 6. The topological polar surface area (TPSA) is 54.7 Å². The molecule has 3 aromatic carbocycles. The van der Waals surface area contributed by atoms with Crippen LogP contribution in [-0.2, 0) is 27.1 Å². The minimum atomic E-state index is -0.763. The van der Waals surface area contributed by atoms with Crippen molar-refractivity contribution in [1.82, 2.24) is 9.55 Å². The van der Waals surface area contributed by atoms with Crippen LogP contribution in [0.5, 0.6) is 11.5 Å². The van der Waals surface area contributed by atoms with Crippen LogP contribution in [0, 0.1) is 17.5 Å². The number of alkyl halides is 1. The van der Waals surface area contributed by atoms with Crippen LogP contribution in [0.25, 0.3) is 5.69 Å². The highest BCUT2D eigenvalue weighted by Gasteiger charge is 2.40. The number of benzene rings is 3. The van der Waals surface area contributed by atoms with Gasteiger partial charge in [0.25, 0.3) is 0 Å².